The highest BCUT2D eigenvalue weighted by atomic mass is 16.3. The summed E-state index contributed by atoms with van der Waals surface area (Å²) in [5.41, 5.74) is 5.55. The number of nitrogens with one attached hydrogen (secondary N) is 2. The van der Waals surface area contributed by atoms with E-state index in [1.54, 1.807) is 25.1 Å². The molecule has 0 aliphatic rings. The lowest BCUT2D eigenvalue weighted by molar-refractivity contribution is -0.122. The molecule has 0 aliphatic heterocycles. The van der Waals surface area contributed by atoms with Gasteiger partial charge in [0.25, 0.3) is 11.5 Å². The third kappa shape index (κ3) is 3.05. The number of hydrogen-bond donors (Lipinski definition) is 2. The van der Waals surface area contributed by atoms with Gasteiger partial charge in [0.05, 0.1) is 0 Å². The van der Waals surface area contributed by atoms with Crippen LogP contribution in [0.1, 0.15) is 16.1 Å². The van der Waals surface area contributed by atoms with Crippen LogP contribution >= 0.6 is 0 Å². The van der Waals surface area contributed by atoms with Crippen LogP contribution in [-0.2, 0) is 11.3 Å². The van der Waals surface area contributed by atoms with Crippen molar-refractivity contribution in [3.63, 3.8) is 0 Å². The average Bonchev–Trinajstić information content (AvgIpc) is 2.92. The smallest absolute Gasteiger partial charge is 0.305 e. The molecule has 7 nitrogen and oxygen atoms in total. The fourth-order valence-electron chi connectivity index (χ4n) is 2.36. The summed E-state index contributed by atoms with van der Waals surface area (Å²) in [7, 11) is 0. The van der Waals surface area contributed by atoms with E-state index in [4.69, 9.17) is 4.42 Å². The molecule has 2 aromatic heterocycles. The first kappa shape index (κ1) is 15.5. The number of pyridine rings is 1. The first-order chi connectivity index (χ1) is 11.6. The SMILES string of the molecule is Cc1c(C(=O)NNC(=O)Cn2ccccc2=O)oc2ccccc12. The third-order valence-electron chi connectivity index (χ3n) is 3.58. The summed E-state index contributed by atoms with van der Waals surface area (Å²) >= 11 is 0. The van der Waals surface area contributed by atoms with Gasteiger partial charge in [-0.3, -0.25) is 25.2 Å². The number of aromatic nitrogens is 1. The van der Waals surface area contributed by atoms with Gasteiger partial charge < -0.3 is 8.98 Å². The Balaban J connectivity index is 1.66. The monoisotopic (exact) mass is 325 g/mol. The Bertz CT molecular complexity index is 971. The predicted molar refractivity (Wildman–Crippen MR) is 87.3 cm³/mol. The van der Waals surface area contributed by atoms with E-state index in [-0.39, 0.29) is 17.9 Å². The van der Waals surface area contributed by atoms with E-state index in [2.05, 4.69) is 10.9 Å². The first-order valence-corrected chi connectivity index (χ1v) is 7.29. The molecule has 0 unspecified atom stereocenters. The molecular formula is C17H15N3O4. The summed E-state index contributed by atoms with van der Waals surface area (Å²) in [6.07, 6.45) is 1.49. The predicted octanol–water partition coefficient (Wildman–Crippen LogP) is 1.36. The maximum absolute atomic E-state index is 12.2. The van der Waals surface area contributed by atoms with Crippen LogP contribution in [0.3, 0.4) is 0 Å². The second kappa shape index (κ2) is 6.41. The Morgan fingerprint density at radius 2 is 1.83 bits per heavy atom. The molecule has 24 heavy (non-hydrogen) atoms. The van der Waals surface area contributed by atoms with Crippen molar-refractivity contribution in [3.8, 4) is 0 Å². The lowest BCUT2D eigenvalue weighted by atomic mass is 10.1. The normalized spacial score (nSPS) is 10.5. The van der Waals surface area contributed by atoms with Crippen molar-refractivity contribution in [2.24, 2.45) is 0 Å². The van der Waals surface area contributed by atoms with Gasteiger partial charge in [-0.15, -0.1) is 0 Å². The Hall–Kier alpha value is -3.35. The molecule has 0 aliphatic carbocycles. The number of rotatable bonds is 3. The van der Waals surface area contributed by atoms with E-state index in [1.807, 2.05) is 18.2 Å². The lowest BCUT2D eigenvalue weighted by Gasteiger charge is -2.07. The van der Waals surface area contributed by atoms with Crippen LogP contribution < -0.4 is 16.4 Å². The van der Waals surface area contributed by atoms with Crippen molar-refractivity contribution in [1.82, 2.24) is 15.4 Å². The molecule has 0 saturated heterocycles. The number of carbonyl (C=O) groups is 2. The number of amides is 2. The van der Waals surface area contributed by atoms with Gasteiger partial charge in [-0.05, 0) is 19.1 Å². The van der Waals surface area contributed by atoms with Crippen LogP contribution in [0.4, 0.5) is 0 Å². The number of nitrogens with zero attached hydrogens (tertiary/aromatic N) is 1. The second-order valence-electron chi connectivity index (χ2n) is 5.22. The van der Waals surface area contributed by atoms with Gasteiger partial charge in [0, 0.05) is 23.2 Å². The Morgan fingerprint density at radius 1 is 1.08 bits per heavy atom. The van der Waals surface area contributed by atoms with Crippen LogP contribution in [0.2, 0.25) is 0 Å². The van der Waals surface area contributed by atoms with Gasteiger partial charge in [-0.2, -0.15) is 0 Å². The molecule has 122 valence electrons. The molecule has 2 amide bonds. The maximum atomic E-state index is 12.2. The highest BCUT2D eigenvalue weighted by Gasteiger charge is 2.17. The largest absolute Gasteiger partial charge is 0.451 e. The molecule has 2 N–H and O–H groups in total. The highest BCUT2D eigenvalue weighted by molar-refractivity contribution is 5.99. The molecule has 0 fully saturated rings. The van der Waals surface area contributed by atoms with Crippen LogP contribution in [0.5, 0.6) is 0 Å². The first-order valence-electron chi connectivity index (χ1n) is 7.29. The lowest BCUT2D eigenvalue weighted by Crippen LogP contribution is -2.44. The number of fused-ring (bicyclic) bond motifs is 1. The molecule has 7 heteroatoms. The average molecular weight is 325 g/mol. The van der Waals surface area contributed by atoms with Crippen molar-refractivity contribution in [2.45, 2.75) is 13.5 Å². The summed E-state index contributed by atoms with van der Waals surface area (Å²) in [5.74, 6) is -0.948. The molecule has 0 saturated carbocycles. The van der Waals surface area contributed by atoms with E-state index in [9.17, 15) is 14.4 Å². The van der Waals surface area contributed by atoms with Crippen molar-refractivity contribution in [3.05, 3.63) is 70.3 Å². The topological polar surface area (TPSA) is 93.3 Å². The van der Waals surface area contributed by atoms with Crippen molar-refractivity contribution in [1.29, 1.82) is 0 Å². The van der Waals surface area contributed by atoms with Gasteiger partial charge >= 0.3 is 5.91 Å². The number of hydrogen-bond acceptors (Lipinski definition) is 4. The maximum Gasteiger partial charge on any atom is 0.305 e. The Morgan fingerprint density at radius 3 is 2.58 bits per heavy atom. The Labute approximate surface area is 136 Å². The molecule has 0 radical (unpaired) electrons. The highest BCUT2D eigenvalue weighted by Crippen LogP contribution is 2.24. The molecular weight excluding hydrogens is 310 g/mol. The molecule has 3 rings (SSSR count). The van der Waals surface area contributed by atoms with Gasteiger partial charge in [-0.1, -0.05) is 24.3 Å². The van der Waals surface area contributed by atoms with Crippen molar-refractivity contribution < 1.29 is 14.0 Å². The zero-order valence-corrected chi connectivity index (χ0v) is 12.9. The number of para-hydroxylation sites is 1. The minimum atomic E-state index is -0.558. The van der Waals surface area contributed by atoms with E-state index in [0.717, 1.165) is 5.39 Å². The van der Waals surface area contributed by atoms with Gasteiger partial charge in [-0.25, -0.2) is 0 Å². The van der Waals surface area contributed by atoms with Gasteiger partial charge in [0.1, 0.15) is 12.1 Å². The van der Waals surface area contributed by atoms with Crippen LogP contribution in [-0.4, -0.2) is 16.4 Å². The molecule has 0 atom stereocenters. The number of carbonyl (C=O) groups excluding carboxylic acids is 2. The minimum absolute atomic E-state index is 0.133. The fourth-order valence-corrected chi connectivity index (χ4v) is 2.36. The van der Waals surface area contributed by atoms with E-state index in [1.165, 1.54) is 16.8 Å². The third-order valence-corrected chi connectivity index (χ3v) is 3.58. The van der Waals surface area contributed by atoms with E-state index in [0.29, 0.717) is 11.1 Å². The zero-order valence-electron chi connectivity index (χ0n) is 12.9. The van der Waals surface area contributed by atoms with Crippen LogP contribution in [0, 0.1) is 6.92 Å². The van der Waals surface area contributed by atoms with Crippen molar-refractivity contribution in [2.75, 3.05) is 0 Å². The number of furan rings is 1. The Kier molecular flexibility index (Phi) is 4.15. The van der Waals surface area contributed by atoms with Crippen LogP contribution in [0.15, 0.2) is 57.9 Å². The second-order valence-corrected chi connectivity index (χ2v) is 5.22. The quantitative estimate of drug-likeness (QED) is 0.711. The standard InChI is InChI=1S/C17H15N3O4/c1-11-12-6-2-3-7-13(12)24-16(11)17(23)19-18-14(21)10-20-9-5-4-8-15(20)22/h2-9H,10H2,1H3,(H,18,21)(H,19,23). The summed E-state index contributed by atoms with van der Waals surface area (Å²) in [5, 5.41) is 0.838. The summed E-state index contributed by atoms with van der Waals surface area (Å²) in [6, 6.07) is 11.9. The summed E-state index contributed by atoms with van der Waals surface area (Å²) in [4.78, 5) is 35.6. The molecule has 1 aromatic carbocycles. The fraction of sp³-hybridized carbons (Fsp3) is 0.118. The van der Waals surface area contributed by atoms with E-state index >= 15 is 0 Å². The number of benzene rings is 1. The molecule has 2 heterocycles. The van der Waals surface area contributed by atoms with Crippen LogP contribution in [0.25, 0.3) is 11.0 Å². The zero-order chi connectivity index (χ0) is 17.1. The minimum Gasteiger partial charge on any atom is -0.451 e. The summed E-state index contributed by atoms with van der Waals surface area (Å²) in [6.45, 7) is 1.57. The molecule has 0 bridgehead atoms. The van der Waals surface area contributed by atoms with Gasteiger partial charge in [0.2, 0.25) is 0 Å². The van der Waals surface area contributed by atoms with Gasteiger partial charge in [0.15, 0.2) is 5.76 Å². The molecule has 0 spiro atoms. The van der Waals surface area contributed by atoms with Crippen molar-refractivity contribution >= 4 is 22.8 Å². The van der Waals surface area contributed by atoms with E-state index < -0.39 is 11.8 Å². The number of hydrazine groups is 1. The number of aryl methyl sites for hydroxylation is 1. The molecule has 3 aromatic rings. The summed E-state index contributed by atoms with van der Waals surface area (Å²) < 4.78 is 6.74.